The van der Waals surface area contributed by atoms with Crippen LogP contribution in [0.5, 0.6) is 17.2 Å². The average Bonchev–Trinajstić information content (AvgIpc) is 3.65. The maximum absolute atomic E-state index is 13.3. The lowest BCUT2D eigenvalue weighted by Gasteiger charge is -2.21. The number of ether oxygens (including phenoxy) is 3. The minimum absolute atomic E-state index is 0.202. The fraction of sp³-hybridized carbons (Fsp3) is 0.423. The summed E-state index contributed by atoms with van der Waals surface area (Å²) in [6.45, 7) is 0.475. The van der Waals surface area contributed by atoms with Gasteiger partial charge in [0.15, 0.2) is 6.61 Å². The van der Waals surface area contributed by atoms with E-state index in [2.05, 4.69) is 10.6 Å². The number of nitrogens with one attached hydrogen (secondary N) is 2. The van der Waals surface area contributed by atoms with Gasteiger partial charge in [-0.05, 0) is 48.6 Å². The first-order valence-corrected chi connectivity index (χ1v) is 12.1. The van der Waals surface area contributed by atoms with Gasteiger partial charge in [0.2, 0.25) is 5.91 Å². The largest absolute Gasteiger partial charge is 0.493 e. The van der Waals surface area contributed by atoms with Gasteiger partial charge in [0.25, 0.3) is 11.8 Å². The lowest BCUT2D eigenvalue weighted by molar-refractivity contribution is -0.133. The van der Waals surface area contributed by atoms with Gasteiger partial charge in [0, 0.05) is 24.7 Å². The van der Waals surface area contributed by atoms with E-state index in [0.717, 1.165) is 18.4 Å². The van der Waals surface area contributed by atoms with Crippen LogP contribution >= 0.6 is 0 Å². The number of rotatable bonds is 4. The molecule has 0 unspecified atom stereocenters. The zero-order valence-corrected chi connectivity index (χ0v) is 19.8. The van der Waals surface area contributed by atoms with E-state index in [0.29, 0.717) is 41.9 Å². The fourth-order valence-electron chi connectivity index (χ4n) is 4.22. The van der Waals surface area contributed by atoms with Crippen LogP contribution in [0.4, 0.5) is 0 Å². The van der Waals surface area contributed by atoms with Crippen molar-refractivity contribution < 1.29 is 33.7 Å². The number of nitrogens with zero attached hydrogens (tertiary/aromatic N) is 1. The molecule has 4 aliphatic rings. The number of fused-ring (bicyclic) bond motifs is 7. The molecule has 6 rings (SSSR count). The number of carbonyl (C=O) groups is 3. The monoisotopic (exact) mass is 495 g/mol. The number of hydrogen-bond donors (Lipinski definition) is 3. The van der Waals surface area contributed by atoms with Crippen LogP contribution in [0.1, 0.15) is 28.8 Å². The van der Waals surface area contributed by atoms with Crippen molar-refractivity contribution in [1.82, 2.24) is 15.5 Å². The normalized spacial score (nSPS) is 22.0. The number of aliphatic hydroxyl groups is 1. The second kappa shape index (κ2) is 10.4. The molecule has 1 saturated heterocycles. The number of aliphatic hydroxyl groups excluding tert-OH is 1. The van der Waals surface area contributed by atoms with Crippen LogP contribution in [0.15, 0.2) is 42.5 Å². The Kier molecular flexibility index (Phi) is 6.95. The van der Waals surface area contributed by atoms with Gasteiger partial charge in [-0.25, -0.2) is 0 Å². The van der Waals surface area contributed by atoms with Crippen molar-refractivity contribution >= 4 is 17.7 Å². The summed E-state index contributed by atoms with van der Waals surface area (Å²) < 4.78 is 17.7. The molecule has 0 spiro atoms. The van der Waals surface area contributed by atoms with Crippen LogP contribution in [0.2, 0.25) is 0 Å². The number of hydrogen-bond acceptors (Lipinski definition) is 7. The van der Waals surface area contributed by atoms with E-state index in [4.69, 9.17) is 14.2 Å². The van der Waals surface area contributed by atoms with E-state index in [1.165, 1.54) is 4.90 Å². The highest BCUT2D eigenvalue weighted by molar-refractivity contribution is 5.95. The summed E-state index contributed by atoms with van der Waals surface area (Å²) in [5.74, 6) is 0.796. The molecule has 3 heterocycles. The number of likely N-dealkylation sites (tertiary alicyclic amines) is 1. The van der Waals surface area contributed by atoms with Crippen LogP contribution in [0.25, 0.3) is 0 Å². The van der Waals surface area contributed by atoms with E-state index < -0.39 is 30.6 Å². The lowest BCUT2D eigenvalue weighted by Crippen LogP contribution is -2.45. The summed E-state index contributed by atoms with van der Waals surface area (Å²) in [6.07, 6.45) is 1.73. The highest BCUT2D eigenvalue weighted by atomic mass is 16.5. The zero-order valence-electron chi connectivity index (χ0n) is 19.8. The van der Waals surface area contributed by atoms with Gasteiger partial charge in [0.1, 0.15) is 30.0 Å². The Morgan fingerprint density at radius 2 is 1.89 bits per heavy atom. The van der Waals surface area contributed by atoms with E-state index in [1.54, 1.807) is 30.3 Å². The van der Waals surface area contributed by atoms with Gasteiger partial charge in [-0.2, -0.15) is 0 Å². The molecule has 2 aromatic carbocycles. The van der Waals surface area contributed by atoms with Crippen molar-refractivity contribution in [3.8, 4) is 17.2 Å². The second-order valence-electron chi connectivity index (χ2n) is 9.35. The minimum atomic E-state index is -0.616. The molecule has 2 atom stereocenters. The third-order valence-corrected chi connectivity index (χ3v) is 6.47. The molecule has 2 fully saturated rings. The zero-order chi connectivity index (χ0) is 25.1. The first-order valence-electron chi connectivity index (χ1n) is 12.1. The maximum atomic E-state index is 13.3. The Morgan fingerprint density at radius 1 is 1.08 bits per heavy atom. The molecule has 3 aliphatic heterocycles. The van der Waals surface area contributed by atoms with Gasteiger partial charge in [-0.1, -0.05) is 12.1 Å². The smallest absolute Gasteiger partial charge is 0.258 e. The molecular formula is C26H29N3O7. The number of carbonyl (C=O) groups excluding carboxylic acids is 3. The molecule has 4 bridgehead atoms. The second-order valence-corrected chi connectivity index (χ2v) is 9.35. The Bertz CT molecular complexity index is 1130. The summed E-state index contributed by atoms with van der Waals surface area (Å²) in [5, 5.41) is 15.1. The number of amides is 3. The topological polar surface area (TPSA) is 126 Å². The highest BCUT2D eigenvalue weighted by Gasteiger charge is 2.38. The molecule has 10 nitrogen and oxygen atoms in total. The van der Waals surface area contributed by atoms with E-state index in [1.807, 2.05) is 12.1 Å². The highest BCUT2D eigenvalue weighted by Crippen LogP contribution is 2.31. The van der Waals surface area contributed by atoms with E-state index in [9.17, 15) is 19.5 Å². The van der Waals surface area contributed by atoms with Crippen LogP contribution in [0, 0.1) is 5.92 Å². The molecule has 0 aromatic heterocycles. The molecule has 1 saturated carbocycles. The third kappa shape index (κ3) is 5.88. The first kappa shape index (κ1) is 23.9. The molecular weight excluding hydrogens is 466 g/mol. The minimum Gasteiger partial charge on any atom is -0.493 e. The van der Waals surface area contributed by atoms with Gasteiger partial charge in [0.05, 0.1) is 19.2 Å². The van der Waals surface area contributed by atoms with Crippen LogP contribution in [-0.4, -0.2) is 72.8 Å². The molecule has 3 amide bonds. The Hall–Kier alpha value is -3.79. The predicted molar refractivity (Wildman–Crippen MR) is 128 cm³/mol. The molecule has 190 valence electrons. The third-order valence-electron chi connectivity index (χ3n) is 6.47. The van der Waals surface area contributed by atoms with E-state index >= 15 is 0 Å². The maximum Gasteiger partial charge on any atom is 0.258 e. The molecule has 2 aromatic rings. The molecule has 10 heteroatoms. The van der Waals surface area contributed by atoms with Gasteiger partial charge >= 0.3 is 0 Å². The van der Waals surface area contributed by atoms with Crippen molar-refractivity contribution in [2.24, 2.45) is 5.92 Å². The average molecular weight is 496 g/mol. The Labute approximate surface area is 208 Å². The summed E-state index contributed by atoms with van der Waals surface area (Å²) >= 11 is 0. The summed E-state index contributed by atoms with van der Waals surface area (Å²) in [5.41, 5.74) is 1.18. The van der Waals surface area contributed by atoms with Crippen molar-refractivity contribution in [2.75, 3.05) is 32.9 Å². The SMILES string of the molecule is O=C1COc2cc(OCC3CC3)cc(c2)C(=O)N[C@H]2CN(C(=O)CO)C[C@@H]2Oc2ccc(cc2)CN1. The van der Waals surface area contributed by atoms with Crippen molar-refractivity contribution in [3.63, 3.8) is 0 Å². The predicted octanol–water partition coefficient (Wildman–Crippen LogP) is 0.865. The van der Waals surface area contributed by atoms with Crippen molar-refractivity contribution in [2.45, 2.75) is 31.5 Å². The van der Waals surface area contributed by atoms with Gasteiger partial charge in [-0.3, -0.25) is 14.4 Å². The Balaban J connectivity index is 1.43. The van der Waals surface area contributed by atoms with Crippen molar-refractivity contribution in [1.29, 1.82) is 0 Å². The summed E-state index contributed by atoms with van der Waals surface area (Å²) in [4.78, 5) is 39.3. The quantitative estimate of drug-likeness (QED) is 0.574. The van der Waals surface area contributed by atoms with Crippen LogP contribution < -0.4 is 24.8 Å². The molecule has 0 radical (unpaired) electrons. The standard InChI is InChI=1S/C26H29N3O7/c30-13-25(32)29-11-22-23(12-29)36-19-5-3-16(4-6-19)10-27-24(31)15-35-21-8-18(26(33)28-22)7-20(9-21)34-14-17-1-2-17/h3-9,17,22-23,30H,1-2,10-15H2,(H,27,31)(H,28,33)/t22-,23-/m0/s1. The first-order chi connectivity index (χ1) is 17.5. The van der Waals surface area contributed by atoms with E-state index in [-0.39, 0.29) is 25.6 Å². The Morgan fingerprint density at radius 3 is 2.64 bits per heavy atom. The van der Waals surface area contributed by atoms with Gasteiger partial charge < -0.3 is 34.9 Å². The molecule has 1 aliphatic carbocycles. The summed E-state index contributed by atoms with van der Waals surface area (Å²) in [7, 11) is 0. The number of benzene rings is 2. The van der Waals surface area contributed by atoms with Crippen molar-refractivity contribution in [3.05, 3.63) is 53.6 Å². The van der Waals surface area contributed by atoms with Crippen LogP contribution in [-0.2, 0) is 16.1 Å². The molecule has 36 heavy (non-hydrogen) atoms. The molecule has 3 N–H and O–H groups in total. The van der Waals surface area contributed by atoms with Gasteiger partial charge in [-0.15, -0.1) is 0 Å². The fourth-order valence-corrected chi connectivity index (χ4v) is 4.22. The summed E-state index contributed by atoms with van der Waals surface area (Å²) in [6, 6.07) is 11.6. The lowest BCUT2D eigenvalue weighted by atomic mass is 10.1. The van der Waals surface area contributed by atoms with Crippen LogP contribution in [0.3, 0.4) is 0 Å².